The highest BCUT2D eigenvalue weighted by Gasteiger charge is 2.23. The number of aromatic carboxylic acids is 1. The lowest BCUT2D eigenvalue weighted by Crippen LogP contribution is -2.32. The monoisotopic (exact) mass is 331 g/mol. The van der Waals surface area contributed by atoms with Crippen molar-refractivity contribution in [3.8, 4) is 16.3 Å². The highest BCUT2D eigenvalue weighted by atomic mass is 32.1. The van der Waals surface area contributed by atoms with Gasteiger partial charge in [-0.25, -0.2) is 9.78 Å². The van der Waals surface area contributed by atoms with Crippen LogP contribution in [-0.2, 0) is 4.74 Å². The predicted molar refractivity (Wildman–Crippen MR) is 86.1 cm³/mol. The molecule has 2 aliphatic rings. The van der Waals surface area contributed by atoms with Gasteiger partial charge in [0, 0.05) is 23.1 Å². The molecule has 5 nitrogen and oxygen atoms in total. The summed E-state index contributed by atoms with van der Waals surface area (Å²) in [5.41, 5.74) is 0.993. The zero-order valence-electron chi connectivity index (χ0n) is 12.5. The van der Waals surface area contributed by atoms with E-state index in [0.29, 0.717) is 18.3 Å². The van der Waals surface area contributed by atoms with Gasteiger partial charge in [-0.2, -0.15) is 0 Å². The van der Waals surface area contributed by atoms with Crippen LogP contribution in [0.4, 0.5) is 0 Å². The second-order valence-corrected chi connectivity index (χ2v) is 7.02. The molecule has 6 heteroatoms. The van der Waals surface area contributed by atoms with Gasteiger partial charge in [-0.05, 0) is 37.0 Å². The molecule has 0 radical (unpaired) electrons. The van der Waals surface area contributed by atoms with E-state index in [1.165, 1.54) is 30.2 Å². The van der Waals surface area contributed by atoms with Crippen molar-refractivity contribution >= 4 is 17.3 Å². The van der Waals surface area contributed by atoms with Crippen LogP contribution in [0.25, 0.3) is 10.6 Å². The van der Waals surface area contributed by atoms with Gasteiger partial charge in [0.15, 0.2) is 0 Å². The van der Waals surface area contributed by atoms with Gasteiger partial charge in [0.25, 0.3) is 0 Å². The normalized spacial score (nSPS) is 20.6. The summed E-state index contributed by atoms with van der Waals surface area (Å²) in [7, 11) is 0. The van der Waals surface area contributed by atoms with Crippen LogP contribution >= 0.6 is 11.3 Å². The smallest absolute Gasteiger partial charge is 0.335 e. The van der Waals surface area contributed by atoms with E-state index in [1.54, 1.807) is 17.4 Å². The van der Waals surface area contributed by atoms with Crippen LogP contribution in [0.1, 0.15) is 46.8 Å². The van der Waals surface area contributed by atoms with E-state index < -0.39 is 5.97 Å². The molecule has 1 aromatic heterocycles. The van der Waals surface area contributed by atoms with Crippen molar-refractivity contribution < 1.29 is 19.4 Å². The van der Waals surface area contributed by atoms with Crippen LogP contribution in [-0.4, -0.2) is 29.0 Å². The van der Waals surface area contributed by atoms with Gasteiger partial charge in [-0.15, -0.1) is 11.3 Å². The fourth-order valence-corrected chi connectivity index (χ4v) is 3.75. The number of nitrogens with zero attached hydrogens (tertiary/aromatic N) is 1. The summed E-state index contributed by atoms with van der Waals surface area (Å²) < 4.78 is 10.9. The number of carbonyl (C=O) groups is 1. The first-order valence-electron chi connectivity index (χ1n) is 7.82. The largest absolute Gasteiger partial charge is 0.478 e. The number of thiazole rings is 1. The maximum Gasteiger partial charge on any atom is 0.335 e. The van der Waals surface area contributed by atoms with E-state index in [2.05, 4.69) is 4.98 Å². The van der Waals surface area contributed by atoms with Crippen LogP contribution in [0.2, 0.25) is 0 Å². The standard InChI is InChI=1S/C17H17NO4S/c19-17(20)12-6-11(7-13(8-12)22-15-4-5-21-15)16-18-9-14(23-16)10-2-1-3-10/h6-10,15H,1-5H2,(H,19,20). The van der Waals surface area contributed by atoms with Crippen LogP contribution < -0.4 is 4.74 Å². The Bertz CT molecular complexity index is 734. The third-order valence-corrected chi connectivity index (χ3v) is 5.57. The molecule has 4 rings (SSSR count). The molecular weight excluding hydrogens is 314 g/mol. The molecule has 1 N–H and O–H groups in total. The van der Waals surface area contributed by atoms with E-state index in [4.69, 9.17) is 9.47 Å². The molecule has 1 aliphatic carbocycles. The van der Waals surface area contributed by atoms with Gasteiger partial charge in [0.05, 0.1) is 12.2 Å². The molecule has 2 heterocycles. The zero-order valence-corrected chi connectivity index (χ0v) is 13.3. The van der Waals surface area contributed by atoms with Gasteiger partial charge in [0.2, 0.25) is 6.29 Å². The Morgan fingerprint density at radius 2 is 2.13 bits per heavy atom. The van der Waals surface area contributed by atoms with Crippen LogP contribution in [0, 0.1) is 0 Å². The van der Waals surface area contributed by atoms with E-state index in [0.717, 1.165) is 17.0 Å². The SMILES string of the molecule is O=C(O)c1cc(OC2CCO2)cc(-c2ncc(C3CCC3)s2)c1. The fraction of sp³-hybridized carbons (Fsp3) is 0.412. The number of rotatable bonds is 5. The van der Waals surface area contributed by atoms with Crippen molar-refractivity contribution in [2.24, 2.45) is 0 Å². The zero-order chi connectivity index (χ0) is 15.8. The summed E-state index contributed by atoms with van der Waals surface area (Å²) in [5, 5.41) is 10.2. The summed E-state index contributed by atoms with van der Waals surface area (Å²) in [4.78, 5) is 17.1. The molecule has 120 valence electrons. The van der Waals surface area contributed by atoms with Gasteiger partial charge < -0.3 is 14.6 Å². The third-order valence-electron chi connectivity index (χ3n) is 4.36. The summed E-state index contributed by atoms with van der Waals surface area (Å²) in [6, 6.07) is 5.03. The Balaban J connectivity index is 1.65. The van der Waals surface area contributed by atoms with Crippen molar-refractivity contribution in [1.82, 2.24) is 4.98 Å². The van der Waals surface area contributed by atoms with Crippen molar-refractivity contribution in [1.29, 1.82) is 0 Å². The highest BCUT2D eigenvalue weighted by Crippen LogP contribution is 2.41. The molecule has 1 atom stereocenters. The summed E-state index contributed by atoms with van der Waals surface area (Å²) in [6.07, 6.45) is 6.22. The van der Waals surface area contributed by atoms with Crippen molar-refractivity contribution in [2.75, 3.05) is 6.61 Å². The predicted octanol–water partition coefficient (Wildman–Crippen LogP) is 3.90. The first-order chi connectivity index (χ1) is 11.2. The Hall–Kier alpha value is -1.92. The third kappa shape index (κ3) is 2.96. The molecule has 2 aromatic rings. The number of hydrogen-bond acceptors (Lipinski definition) is 5. The second-order valence-electron chi connectivity index (χ2n) is 5.95. The quantitative estimate of drug-likeness (QED) is 0.900. The number of carboxylic acid groups (broad SMARTS) is 1. The number of hydrogen-bond donors (Lipinski definition) is 1. The second kappa shape index (κ2) is 5.94. The molecule has 0 amide bonds. The Labute approximate surface area is 137 Å². The summed E-state index contributed by atoms with van der Waals surface area (Å²) in [6.45, 7) is 0.688. The Kier molecular flexibility index (Phi) is 3.79. The van der Waals surface area contributed by atoms with Crippen LogP contribution in [0.3, 0.4) is 0 Å². The lowest BCUT2D eigenvalue weighted by molar-refractivity contribution is -0.165. The lowest BCUT2D eigenvalue weighted by Gasteiger charge is -2.27. The van der Waals surface area contributed by atoms with E-state index in [1.807, 2.05) is 12.3 Å². The van der Waals surface area contributed by atoms with E-state index in [9.17, 15) is 9.90 Å². The van der Waals surface area contributed by atoms with E-state index in [-0.39, 0.29) is 11.9 Å². The lowest BCUT2D eigenvalue weighted by atomic mass is 9.85. The van der Waals surface area contributed by atoms with E-state index >= 15 is 0 Å². The van der Waals surface area contributed by atoms with Gasteiger partial charge >= 0.3 is 5.97 Å². The minimum atomic E-state index is -0.970. The molecule has 1 saturated carbocycles. The maximum absolute atomic E-state index is 11.4. The number of aromatic nitrogens is 1. The molecular formula is C17H17NO4S. The first kappa shape index (κ1) is 14.7. The molecule has 1 aliphatic heterocycles. The molecule has 0 spiro atoms. The van der Waals surface area contributed by atoms with Crippen molar-refractivity contribution in [3.05, 3.63) is 34.8 Å². The molecule has 1 saturated heterocycles. The average molecular weight is 331 g/mol. The molecule has 1 aromatic carbocycles. The number of carboxylic acids is 1. The Morgan fingerprint density at radius 1 is 1.30 bits per heavy atom. The molecule has 23 heavy (non-hydrogen) atoms. The fourth-order valence-electron chi connectivity index (χ4n) is 2.67. The molecule has 1 unspecified atom stereocenters. The van der Waals surface area contributed by atoms with Crippen molar-refractivity contribution in [2.45, 2.75) is 37.9 Å². The van der Waals surface area contributed by atoms with Gasteiger partial charge in [0.1, 0.15) is 10.8 Å². The number of benzene rings is 1. The average Bonchev–Trinajstić information content (AvgIpc) is 2.90. The van der Waals surface area contributed by atoms with Crippen LogP contribution in [0.15, 0.2) is 24.4 Å². The van der Waals surface area contributed by atoms with Gasteiger partial charge in [-0.1, -0.05) is 6.42 Å². The molecule has 2 fully saturated rings. The first-order valence-corrected chi connectivity index (χ1v) is 8.63. The molecule has 0 bridgehead atoms. The topological polar surface area (TPSA) is 68.7 Å². The highest BCUT2D eigenvalue weighted by molar-refractivity contribution is 7.15. The summed E-state index contributed by atoms with van der Waals surface area (Å²) >= 11 is 1.65. The Morgan fingerprint density at radius 3 is 2.74 bits per heavy atom. The van der Waals surface area contributed by atoms with Gasteiger partial charge in [-0.3, -0.25) is 0 Å². The van der Waals surface area contributed by atoms with Crippen molar-refractivity contribution in [3.63, 3.8) is 0 Å². The minimum Gasteiger partial charge on any atom is -0.478 e. The summed E-state index contributed by atoms with van der Waals surface area (Å²) in [5.74, 6) is 0.176. The number of ether oxygens (including phenoxy) is 2. The minimum absolute atomic E-state index is 0.206. The maximum atomic E-state index is 11.4. The van der Waals surface area contributed by atoms with Crippen LogP contribution in [0.5, 0.6) is 5.75 Å².